The normalized spacial score (nSPS) is 11.7. The molecular weight excluding hydrogens is 595 g/mol. The summed E-state index contributed by atoms with van der Waals surface area (Å²) in [5.74, 6) is 0.698. The number of fused-ring (bicyclic) bond motifs is 10. The highest BCUT2D eigenvalue weighted by Crippen LogP contribution is 2.44. The third-order valence-corrected chi connectivity index (χ3v) is 9.75. The minimum atomic E-state index is 0.698. The van der Waals surface area contributed by atoms with Crippen molar-refractivity contribution >= 4 is 54.1 Å². The first-order valence-corrected chi connectivity index (χ1v) is 16.7. The number of hydrogen-bond acceptors (Lipinski definition) is 2. The topological polar surface area (TPSA) is 30.7 Å². The summed E-state index contributed by atoms with van der Waals surface area (Å²) in [5.41, 5.74) is 8.34. The predicted octanol–water partition coefficient (Wildman–Crippen LogP) is 12.0. The molecule has 49 heavy (non-hydrogen) atoms. The fraction of sp³-hybridized carbons (Fsp3) is 0. The van der Waals surface area contributed by atoms with Gasteiger partial charge in [0.2, 0.25) is 0 Å². The molecule has 0 fully saturated rings. The van der Waals surface area contributed by atoms with Gasteiger partial charge in [0, 0.05) is 38.5 Å². The van der Waals surface area contributed by atoms with E-state index in [9.17, 15) is 0 Å². The minimum absolute atomic E-state index is 0.698. The first-order valence-electron chi connectivity index (χ1n) is 16.7. The largest absolute Gasteiger partial charge is 0.309 e. The maximum atomic E-state index is 5.15. The molecule has 8 aromatic carbocycles. The van der Waals surface area contributed by atoms with Gasteiger partial charge < -0.3 is 4.57 Å². The van der Waals surface area contributed by atoms with Crippen molar-refractivity contribution in [3.05, 3.63) is 176 Å². The van der Waals surface area contributed by atoms with Crippen LogP contribution >= 0.6 is 0 Å². The van der Waals surface area contributed by atoms with Gasteiger partial charge in [-0.3, -0.25) is 0 Å². The predicted molar refractivity (Wildman–Crippen MR) is 205 cm³/mol. The van der Waals surface area contributed by atoms with Crippen LogP contribution in [-0.2, 0) is 0 Å². The van der Waals surface area contributed by atoms with Crippen molar-refractivity contribution in [3.8, 4) is 39.6 Å². The highest BCUT2D eigenvalue weighted by atomic mass is 15.0. The first kappa shape index (κ1) is 27.5. The van der Waals surface area contributed by atoms with Crippen molar-refractivity contribution in [2.75, 3.05) is 0 Å². The van der Waals surface area contributed by atoms with Crippen LogP contribution in [-0.4, -0.2) is 14.5 Å². The van der Waals surface area contributed by atoms with Crippen LogP contribution in [0.15, 0.2) is 176 Å². The van der Waals surface area contributed by atoms with E-state index in [0.717, 1.165) is 33.8 Å². The summed E-state index contributed by atoms with van der Waals surface area (Å²) >= 11 is 0. The molecule has 0 aliphatic heterocycles. The van der Waals surface area contributed by atoms with Gasteiger partial charge in [0.05, 0.1) is 22.4 Å². The molecule has 0 radical (unpaired) electrons. The van der Waals surface area contributed by atoms with E-state index in [2.05, 4.69) is 168 Å². The molecule has 0 bridgehead atoms. The number of aromatic nitrogens is 3. The Morgan fingerprint density at radius 1 is 0.367 bits per heavy atom. The molecule has 0 saturated heterocycles. The zero-order valence-corrected chi connectivity index (χ0v) is 26.6. The summed E-state index contributed by atoms with van der Waals surface area (Å²) in [6.45, 7) is 0. The van der Waals surface area contributed by atoms with Crippen LogP contribution in [0.3, 0.4) is 0 Å². The van der Waals surface area contributed by atoms with E-state index in [1.54, 1.807) is 0 Å². The Bertz CT molecular complexity index is 2810. The SMILES string of the molecule is c1ccc(-c2cc(-c3ccccc3)nc(-c3cccc(-n4c5ccccc5c5c6ccccc6c6c7ccccc7ccc6c54)c3)n2)cc1. The molecule has 228 valence electrons. The summed E-state index contributed by atoms with van der Waals surface area (Å²) in [4.78, 5) is 10.3. The summed E-state index contributed by atoms with van der Waals surface area (Å²) in [7, 11) is 0. The number of para-hydroxylation sites is 1. The highest BCUT2D eigenvalue weighted by molar-refractivity contribution is 6.36. The third kappa shape index (κ3) is 4.37. The molecule has 0 aliphatic rings. The molecular formula is C46H29N3. The summed E-state index contributed by atoms with van der Waals surface area (Å²) in [5, 5.41) is 10.1. The van der Waals surface area contributed by atoms with Crippen LogP contribution in [0.4, 0.5) is 0 Å². The van der Waals surface area contributed by atoms with Gasteiger partial charge in [0.15, 0.2) is 5.82 Å². The molecule has 0 saturated carbocycles. The number of hydrogen-bond donors (Lipinski definition) is 0. The molecule has 10 rings (SSSR count). The maximum Gasteiger partial charge on any atom is 0.160 e. The average Bonchev–Trinajstić information content (AvgIpc) is 3.54. The van der Waals surface area contributed by atoms with Gasteiger partial charge in [-0.05, 0) is 51.2 Å². The van der Waals surface area contributed by atoms with Crippen LogP contribution in [0.5, 0.6) is 0 Å². The molecule has 0 N–H and O–H groups in total. The molecule has 0 unspecified atom stereocenters. The molecule has 2 heterocycles. The number of rotatable bonds is 4. The number of benzene rings is 8. The van der Waals surface area contributed by atoms with Crippen molar-refractivity contribution in [1.29, 1.82) is 0 Å². The Morgan fingerprint density at radius 2 is 0.939 bits per heavy atom. The quantitative estimate of drug-likeness (QED) is 0.183. The fourth-order valence-electron chi connectivity index (χ4n) is 7.59. The standard InChI is InChI=1S/C46H29N3/c1-3-15-31(16-4-1)40-29-41(32-17-5-2-6-18-32)48-46(47-40)33-19-13-20-34(28-33)49-42-25-12-11-24-38(42)44-37-23-10-9-22-36(37)43-35-21-8-7-14-30(35)26-27-39(43)45(44)49/h1-29H. The average molecular weight is 624 g/mol. The number of nitrogens with zero attached hydrogens (tertiary/aromatic N) is 3. The van der Waals surface area contributed by atoms with Crippen molar-refractivity contribution in [2.45, 2.75) is 0 Å². The van der Waals surface area contributed by atoms with Crippen LogP contribution in [0.1, 0.15) is 0 Å². The lowest BCUT2D eigenvalue weighted by Crippen LogP contribution is -1.98. The molecule has 0 amide bonds. The molecule has 0 aliphatic carbocycles. The van der Waals surface area contributed by atoms with Gasteiger partial charge in [-0.25, -0.2) is 9.97 Å². The second kappa shape index (κ2) is 11.0. The van der Waals surface area contributed by atoms with E-state index in [4.69, 9.17) is 9.97 Å². The van der Waals surface area contributed by atoms with E-state index in [0.29, 0.717) is 5.82 Å². The van der Waals surface area contributed by atoms with Crippen LogP contribution in [0, 0.1) is 0 Å². The van der Waals surface area contributed by atoms with Crippen LogP contribution < -0.4 is 0 Å². The van der Waals surface area contributed by atoms with Crippen LogP contribution in [0.2, 0.25) is 0 Å². The maximum absolute atomic E-state index is 5.15. The monoisotopic (exact) mass is 623 g/mol. The van der Waals surface area contributed by atoms with E-state index < -0.39 is 0 Å². The van der Waals surface area contributed by atoms with Crippen molar-refractivity contribution in [3.63, 3.8) is 0 Å². The molecule has 3 nitrogen and oxygen atoms in total. The Balaban J connectivity index is 1.28. The van der Waals surface area contributed by atoms with Gasteiger partial charge in [-0.1, -0.05) is 152 Å². The smallest absolute Gasteiger partial charge is 0.160 e. The molecule has 10 aromatic rings. The first-order chi connectivity index (χ1) is 24.3. The van der Waals surface area contributed by atoms with Gasteiger partial charge >= 0.3 is 0 Å². The lowest BCUT2D eigenvalue weighted by atomic mass is 9.93. The third-order valence-electron chi connectivity index (χ3n) is 9.75. The Hall–Kier alpha value is -6.58. The van der Waals surface area contributed by atoms with Gasteiger partial charge in [0.1, 0.15) is 0 Å². The summed E-state index contributed by atoms with van der Waals surface area (Å²) in [6, 6.07) is 62.5. The molecule has 3 heteroatoms. The van der Waals surface area contributed by atoms with Crippen molar-refractivity contribution in [1.82, 2.24) is 14.5 Å². The molecule has 0 atom stereocenters. The second-order valence-electron chi connectivity index (χ2n) is 12.6. The minimum Gasteiger partial charge on any atom is -0.309 e. The van der Waals surface area contributed by atoms with E-state index in [1.807, 2.05) is 12.1 Å². The molecule has 2 aromatic heterocycles. The van der Waals surface area contributed by atoms with Gasteiger partial charge in [-0.2, -0.15) is 0 Å². The molecule has 0 spiro atoms. The zero-order chi connectivity index (χ0) is 32.3. The lowest BCUT2D eigenvalue weighted by Gasteiger charge is -2.15. The van der Waals surface area contributed by atoms with E-state index in [1.165, 1.54) is 54.1 Å². The van der Waals surface area contributed by atoms with Crippen molar-refractivity contribution < 1.29 is 0 Å². The summed E-state index contributed by atoms with van der Waals surface area (Å²) < 4.78 is 2.44. The Morgan fingerprint density at radius 3 is 1.65 bits per heavy atom. The van der Waals surface area contributed by atoms with Crippen LogP contribution in [0.25, 0.3) is 93.7 Å². The van der Waals surface area contributed by atoms with Crippen molar-refractivity contribution in [2.24, 2.45) is 0 Å². The zero-order valence-electron chi connectivity index (χ0n) is 26.6. The second-order valence-corrected chi connectivity index (χ2v) is 12.6. The lowest BCUT2D eigenvalue weighted by molar-refractivity contribution is 1.16. The Labute approximate surface area is 283 Å². The van der Waals surface area contributed by atoms with E-state index >= 15 is 0 Å². The fourth-order valence-corrected chi connectivity index (χ4v) is 7.59. The Kier molecular flexibility index (Phi) is 6.18. The van der Waals surface area contributed by atoms with Gasteiger partial charge in [0.25, 0.3) is 0 Å². The van der Waals surface area contributed by atoms with Gasteiger partial charge in [-0.15, -0.1) is 0 Å². The highest BCUT2D eigenvalue weighted by Gasteiger charge is 2.20. The van der Waals surface area contributed by atoms with E-state index in [-0.39, 0.29) is 0 Å². The summed E-state index contributed by atoms with van der Waals surface area (Å²) in [6.07, 6.45) is 0.